The molecule has 0 radical (unpaired) electrons. The fourth-order valence-corrected chi connectivity index (χ4v) is 2.52. The molecule has 0 aliphatic carbocycles. The molecule has 0 saturated heterocycles. The summed E-state index contributed by atoms with van der Waals surface area (Å²) < 4.78 is 0. The number of nitrogens with two attached hydrogens (primary N) is 2. The third-order valence-electron chi connectivity index (χ3n) is 4.27. The molecule has 0 fully saturated rings. The molecule has 0 spiro atoms. The Labute approximate surface area is 184 Å². The number of carboxylic acids is 3. The Hall–Kier alpha value is -3.26. The molecular formula is C18H31N5O9. The lowest BCUT2D eigenvalue weighted by Gasteiger charge is -2.24. The smallest absolute Gasteiger partial charge is 0.326 e. The molecular weight excluding hydrogens is 430 g/mol. The van der Waals surface area contributed by atoms with Gasteiger partial charge in [-0.3, -0.25) is 24.0 Å². The number of rotatable bonds is 16. The predicted molar refractivity (Wildman–Crippen MR) is 109 cm³/mol. The zero-order valence-electron chi connectivity index (χ0n) is 17.7. The van der Waals surface area contributed by atoms with Crippen molar-refractivity contribution in [2.24, 2.45) is 11.5 Å². The topological polar surface area (TPSA) is 251 Å². The van der Waals surface area contributed by atoms with Gasteiger partial charge in [-0.2, -0.15) is 0 Å². The van der Waals surface area contributed by atoms with E-state index in [0.717, 1.165) is 0 Å². The van der Waals surface area contributed by atoms with E-state index in [9.17, 15) is 33.9 Å². The number of hydrogen-bond donors (Lipinski definition) is 8. The Kier molecular flexibility index (Phi) is 13.2. The zero-order chi connectivity index (χ0) is 24.8. The van der Waals surface area contributed by atoms with Gasteiger partial charge in [0.05, 0.1) is 12.5 Å². The number of amides is 3. The largest absolute Gasteiger partial charge is 0.481 e. The molecule has 10 N–H and O–H groups in total. The minimum atomic E-state index is -1.59. The number of nitrogens with one attached hydrogen (secondary N) is 3. The van der Waals surface area contributed by atoms with E-state index in [-0.39, 0.29) is 6.42 Å². The maximum Gasteiger partial charge on any atom is 0.326 e. The minimum absolute atomic E-state index is 0.0595. The highest BCUT2D eigenvalue weighted by molar-refractivity contribution is 5.95. The SMILES string of the molecule is CC(N)C(=O)NC(CC(=O)O)C(=O)NC(CCC(=O)O)C(=O)NC(CCCCN)C(=O)O. The summed E-state index contributed by atoms with van der Waals surface area (Å²) in [6, 6.07) is -5.43. The Morgan fingerprint density at radius 1 is 0.750 bits per heavy atom. The van der Waals surface area contributed by atoms with Crippen molar-refractivity contribution in [1.82, 2.24) is 16.0 Å². The van der Waals surface area contributed by atoms with Gasteiger partial charge >= 0.3 is 17.9 Å². The first-order valence-electron chi connectivity index (χ1n) is 9.92. The lowest BCUT2D eigenvalue weighted by molar-refractivity contribution is -0.143. The monoisotopic (exact) mass is 461 g/mol. The highest BCUT2D eigenvalue weighted by Crippen LogP contribution is 2.05. The molecule has 0 bridgehead atoms. The van der Waals surface area contributed by atoms with Crippen LogP contribution in [0.2, 0.25) is 0 Å². The molecule has 14 nitrogen and oxygen atoms in total. The van der Waals surface area contributed by atoms with Crippen molar-refractivity contribution in [3.8, 4) is 0 Å². The lowest BCUT2D eigenvalue weighted by atomic mass is 10.1. The lowest BCUT2D eigenvalue weighted by Crippen LogP contribution is -2.57. The molecule has 14 heteroatoms. The van der Waals surface area contributed by atoms with Gasteiger partial charge in [0.1, 0.15) is 18.1 Å². The number of carbonyl (C=O) groups excluding carboxylic acids is 3. The number of unbranched alkanes of at least 4 members (excludes halogenated alkanes) is 1. The molecule has 0 saturated carbocycles. The molecule has 182 valence electrons. The predicted octanol–water partition coefficient (Wildman–Crippen LogP) is -2.66. The first kappa shape index (κ1) is 28.7. The van der Waals surface area contributed by atoms with Gasteiger partial charge in [0, 0.05) is 6.42 Å². The van der Waals surface area contributed by atoms with Crippen LogP contribution in [0.3, 0.4) is 0 Å². The quantitative estimate of drug-likeness (QED) is 0.110. The summed E-state index contributed by atoms with van der Waals surface area (Å²) in [5.41, 5.74) is 10.8. The summed E-state index contributed by atoms with van der Waals surface area (Å²) >= 11 is 0. The van der Waals surface area contributed by atoms with E-state index >= 15 is 0 Å². The fourth-order valence-electron chi connectivity index (χ4n) is 2.52. The van der Waals surface area contributed by atoms with E-state index in [0.29, 0.717) is 19.4 Å². The van der Waals surface area contributed by atoms with Crippen LogP contribution in [0.5, 0.6) is 0 Å². The van der Waals surface area contributed by atoms with Gasteiger partial charge < -0.3 is 42.7 Å². The number of aliphatic carboxylic acids is 3. The maximum atomic E-state index is 12.6. The second-order valence-electron chi connectivity index (χ2n) is 7.13. The van der Waals surface area contributed by atoms with Gasteiger partial charge in [-0.15, -0.1) is 0 Å². The van der Waals surface area contributed by atoms with Crippen LogP contribution in [-0.4, -0.2) is 81.7 Å². The Bertz CT molecular complexity index is 698. The molecule has 0 heterocycles. The standard InChI is InChI=1S/C18H31N5O9/c1-9(20)15(28)23-12(8-14(26)27)17(30)21-10(5-6-13(24)25)16(29)22-11(18(31)32)4-2-3-7-19/h9-12H,2-8,19-20H2,1H3,(H,21,30)(H,22,29)(H,23,28)(H,24,25)(H,26,27)(H,31,32). The van der Waals surface area contributed by atoms with Gasteiger partial charge in [-0.25, -0.2) is 4.79 Å². The third kappa shape index (κ3) is 11.8. The van der Waals surface area contributed by atoms with E-state index in [1.807, 2.05) is 0 Å². The van der Waals surface area contributed by atoms with Crippen molar-refractivity contribution in [1.29, 1.82) is 0 Å². The van der Waals surface area contributed by atoms with Gasteiger partial charge in [-0.1, -0.05) is 0 Å². The van der Waals surface area contributed by atoms with Crippen molar-refractivity contribution in [2.75, 3.05) is 6.54 Å². The average molecular weight is 461 g/mol. The van der Waals surface area contributed by atoms with Crippen LogP contribution in [0.25, 0.3) is 0 Å². The van der Waals surface area contributed by atoms with Crippen LogP contribution < -0.4 is 27.4 Å². The van der Waals surface area contributed by atoms with E-state index in [4.69, 9.17) is 21.7 Å². The van der Waals surface area contributed by atoms with Gasteiger partial charge in [-0.05, 0) is 39.2 Å². The highest BCUT2D eigenvalue weighted by atomic mass is 16.4. The minimum Gasteiger partial charge on any atom is -0.481 e. The second kappa shape index (κ2) is 14.7. The molecule has 4 atom stereocenters. The molecule has 4 unspecified atom stereocenters. The van der Waals surface area contributed by atoms with Gasteiger partial charge in [0.15, 0.2) is 0 Å². The van der Waals surface area contributed by atoms with Crippen LogP contribution in [0.1, 0.15) is 45.4 Å². The molecule has 32 heavy (non-hydrogen) atoms. The third-order valence-corrected chi connectivity index (χ3v) is 4.27. The van der Waals surface area contributed by atoms with Crippen molar-refractivity contribution >= 4 is 35.6 Å². The van der Waals surface area contributed by atoms with E-state index < -0.39 is 79.1 Å². The highest BCUT2D eigenvalue weighted by Gasteiger charge is 2.31. The number of hydrogen-bond acceptors (Lipinski definition) is 8. The van der Waals surface area contributed by atoms with E-state index in [2.05, 4.69) is 16.0 Å². The van der Waals surface area contributed by atoms with Crippen LogP contribution in [0, 0.1) is 0 Å². The summed E-state index contributed by atoms with van der Waals surface area (Å²) in [7, 11) is 0. The molecule has 0 rings (SSSR count). The second-order valence-corrected chi connectivity index (χ2v) is 7.13. The van der Waals surface area contributed by atoms with Crippen molar-refractivity contribution in [2.45, 2.75) is 69.6 Å². The molecule has 0 aromatic rings. The van der Waals surface area contributed by atoms with Crippen molar-refractivity contribution in [3.63, 3.8) is 0 Å². The van der Waals surface area contributed by atoms with Gasteiger partial charge in [0.2, 0.25) is 17.7 Å². The molecule has 3 amide bonds. The Morgan fingerprint density at radius 3 is 1.75 bits per heavy atom. The molecule has 0 aromatic heterocycles. The number of carboxylic acid groups (broad SMARTS) is 3. The van der Waals surface area contributed by atoms with Crippen LogP contribution in [-0.2, 0) is 28.8 Å². The average Bonchev–Trinajstić information content (AvgIpc) is 2.68. The van der Waals surface area contributed by atoms with Crippen molar-refractivity contribution in [3.05, 3.63) is 0 Å². The first-order chi connectivity index (χ1) is 14.9. The fraction of sp³-hybridized carbons (Fsp3) is 0.667. The van der Waals surface area contributed by atoms with E-state index in [1.165, 1.54) is 6.92 Å². The van der Waals surface area contributed by atoms with Crippen molar-refractivity contribution < 1.29 is 44.1 Å². The summed E-state index contributed by atoms with van der Waals surface area (Å²) in [6.07, 6.45) is -0.778. The maximum absolute atomic E-state index is 12.6. The van der Waals surface area contributed by atoms with Crippen LogP contribution in [0.4, 0.5) is 0 Å². The summed E-state index contributed by atoms with van der Waals surface area (Å²) in [6.45, 7) is 1.64. The normalized spacial score (nSPS) is 14.3. The van der Waals surface area contributed by atoms with Gasteiger partial charge in [0.25, 0.3) is 0 Å². The van der Waals surface area contributed by atoms with E-state index in [1.54, 1.807) is 0 Å². The molecule has 0 aliphatic rings. The molecule has 0 aromatic carbocycles. The first-order valence-corrected chi connectivity index (χ1v) is 9.92. The Morgan fingerprint density at radius 2 is 1.28 bits per heavy atom. The zero-order valence-corrected chi connectivity index (χ0v) is 17.7. The summed E-state index contributed by atoms with van der Waals surface area (Å²) in [4.78, 5) is 70.3. The Balaban J connectivity index is 5.46. The van der Waals surface area contributed by atoms with Crippen LogP contribution in [0.15, 0.2) is 0 Å². The molecule has 0 aliphatic heterocycles. The summed E-state index contributed by atoms with van der Waals surface area (Å²) in [5, 5.41) is 33.7. The van der Waals surface area contributed by atoms with Crippen LogP contribution >= 0.6 is 0 Å². The number of carbonyl (C=O) groups is 6. The summed E-state index contributed by atoms with van der Waals surface area (Å²) in [5.74, 6) is -6.88.